The van der Waals surface area contributed by atoms with E-state index in [-0.39, 0.29) is 6.42 Å². The Kier molecular flexibility index (Phi) is 4.69. The Morgan fingerprint density at radius 2 is 2.11 bits per heavy atom. The van der Waals surface area contributed by atoms with Gasteiger partial charge in [-0.1, -0.05) is 12.1 Å². The normalized spacial score (nSPS) is 10.5. The Bertz CT molecular complexity index is 506. The summed E-state index contributed by atoms with van der Waals surface area (Å²) in [7, 11) is 0. The topological polar surface area (TPSA) is 67.2 Å². The van der Waals surface area contributed by atoms with Crippen LogP contribution in [0.5, 0.6) is 0 Å². The smallest absolute Gasteiger partial charge is 0.303 e. The average molecular weight is 259 g/mol. The first-order valence-corrected chi connectivity index (χ1v) is 6.25. The van der Waals surface area contributed by atoms with E-state index in [0.717, 1.165) is 18.8 Å². The third-order valence-corrected chi connectivity index (χ3v) is 2.81. The van der Waals surface area contributed by atoms with Crippen LogP contribution in [0, 0.1) is 0 Å². The molecule has 0 saturated heterocycles. The molecule has 0 radical (unpaired) electrons. The fourth-order valence-electron chi connectivity index (χ4n) is 1.80. The van der Waals surface area contributed by atoms with E-state index in [1.165, 1.54) is 5.56 Å². The highest BCUT2D eigenvalue weighted by Gasteiger charge is 1.98. The van der Waals surface area contributed by atoms with Crippen LogP contribution in [0.25, 0.3) is 5.69 Å². The van der Waals surface area contributed by atoms with Gasteiger partial charge in [-0.2, -0.15) is 0 Å². The summed E-state index contributed by atoms with van der Waals surface area (Å²) >= 11 is 0. The highest BCUT2D eigenvalue weighted by atomic mass is 16.4. The maximum Gasteiger partial charge on any atom is 0.303 e. The molecular formula is C14H17N3O2. The summed E-state index contributed by atoms with van der Waals surface area (Å²) in [5, 5.41) is 11.7. The van der Waals surface area contributed by atoms with Crippen LogP contribution in [0.15, 0.2) is 43.0 Å². The second-order valence-electron chi connectivity index (χ2n) is 4.31. The van der Waals surface area contributed by atoms with Gasteiger partial charge in [-0.25, -0.2) is 4.98 Å². The van der Waals surface area contributed by atoms with Gasteiger partial charge in [0.2, 0.25) is 0 Å². The highest BCUT2D eigenvalue weighted by molar-refractivity contribution is 5.66. The first kappa shape index (κ1) is 13.3. The zero-order chi connectivity index (χ0) is 13.5. The Hall–Kier alpha value is -2.14. The van der Waals surface area contributed by atoms with E-state index >= 15 is 0 Å². The molecule has 2 N–H and O–H groups in total. The molecule has 19 heavy (non-hydrogen) atoms. The SMILES string of the molecule is O=C(O)CCCNCc1ccc(-n2ccnc2)cc1. The Balaban J connectivity index is 1.78. The standard InChI is InChI=1S/C14H17N3O2/c18-14(19)2-1-7-15-10-12-3-5-13(6-4-12)17-9-8-16-11-17/h3-6,8-9,11,15H,1-2,7,10H2,(H,18,19). The molecule has 1 aromatic heterocycles. The number of benzene rings is 1. The minimum Gasteiger partial charge on any atom is -0.481 e. The minimum absolute atomic E-state index is 0.215. The molecule has 2 aromatic rings. The van der Waals surface area contributed by atoms with Gasteiger partial charge in [0.05, 0.1) is 6.33 Å². The molecule has 5 nitrogen and oxygen atoms in total. The molecule has 0 atom stereocenters. The molecule has 2 rings (SSSR count). The molecule has 0 amide bonds. The van der Waals surface area contributed by atoms with Gasteiger partial charge >= 0.3 is 5.97 Å². The molecule has 5 heteroatoms. The third-order valence-electron chi connectivity index (χ3n) is 2.81. The van der Waals surface area contributed by atoms with Crippen molar-refractivity contribution in [3.63, 3.8) is 0 Å². The number of rotatable bonds is 7. The van der Waals surface area contributed by atoms with Gasteiger partial charge in [-0.3, -0.25) is 4.79 Å². The molecule has 0 saturated carbocycles. The maximum absolute atomic E-state index is 10.3. The summed E-state index contributed by atoms with van der Waals surface area (Å²) in [6.45, 7) is 1.47. The number of aliphatic carboxylic acids is 1. The molecular weight excluding hydrogens is 242 g/mol. The second kappa shape index (κ2) is 6.70. The molecule has 100 valence electrons. The van der Waals surface area contributed by atoms with Crippen molar-refractivity contribution < 1.29 is 9.90 Å². The van der Waals surface area contributed by atoms with Gasteiger partial charge < -0.3 is 15.0 Å². The number of aromatic nitrogens is 2. The zero-order valence-corrected chi connectivity index (χ0v) is 10.6. The number of carboxylic acids is 1. The Morgan fingerprint density at radius 3 is 2.74 bits per heavy atom. The molecule has 0 aliphatic carbocycles. The van der Waals surface area contributed by atoms with Crippen molar-refractivity contribution in [3.8, 4) is 5.69 Å². The van der Waals surface area contributed by atoms with Crippen molar-refractivity contribution in [2.45, 2.75) is 19.4 Å². The fraction of sp³-hybridized carbons (Fsp3) is 0.286. The molecule has 1 heterocycles. The lowest BCUT2D eigenvalue weighted by molar-refractivity contribution is -0.137. The number of nitrogens with zero attached hydrogens (tertiary/aromatic N) is 2. The van der Waals surface area contributed by atoms with Gasteiger partial charge in [0, 0.05) is 31.0 Å². The molecule has 0 aliphatic heterocycles. The van der Waals surface area contributed by atoms with Gasteiger partial charge in [-0.05, 0) is 30.7 Å². The van der Waals surface area contributed by atoms with E-state index in [9.17, 15) is 4.79 Å². The van der Waals surface area contributed by atoms with E-state index in [2.05, 4.69) is 22.4 Å². The van der Waals surface area contributed by atoms with Crippen LogP contribution in [0.4, 0.5) is 0 Å². The molecule has 0 aliphatic rings. The lowest BCUT2D eigenvalue weighted by Crippen LogP contribution is -2.15. The third kappa shape index (κ3) is 4.22. The number of hydrogen-bond acceptors (Lipinski definition) is 3. The van der Waals surface area contributed by atoms with Crippen molar-refractivity contribution in [1.82, 2.24) is 14.9 Å². The van der Waals surface area contributed by atoms with Gasteiger partial charge in [0.15, 0.2) is 0 Å². The first-order valence-electron chi connectivity index (χ1n) is 6.25. The van der Waals surface area contributed by atoms with Gasteiger partial charge in [0.1, 0.15) is 0 Å². The van der Waals surface area contributed by atoms with Gasteiger partial charge in [0.25, 0.3) is 0 Å². The lowest BCUT2D eigenvalue weighted by atomic mass is 10.2. The molecule has 0 bridgehead atoms. The fourth-order valence-corrected chi connectivity index (χ4v) is 1.80. The van der Waals surface area contributed by atoms with Gasteiger partial charge in [-0.15, -0.1) is 0 Å². The average Bonchev–Trinajstić information content (AvgIpc) is 2.93. The van der Waals surface area contributed by atoms with Crippen LogP contribution in [0.2, 0.25) is 0 Å². The van der Waals surface area contributed by atoms with Crippen LogP contribution in [-0.2, 0) is 11.3 Å². The first-order chi connectivity index (χ1) is 9.25. The summed E-state index contributed by atoms with van der Waals surface area (Å²) in [6.07, 6.45) is 6.28. The summed E-state index contributed by atoms with van der Waals surface area (Å²) in [4.78, 5) is 14.4. The van der Waals surface area contributed by atoms with Crippen LogP contribution in [0.1, 0.15) is 18.4 Å². The number of nitrogens with one attached hydrogen (secondary N) is 1. The Morgan fingerprint density at radius 1 is 1.32 bits per heavy atom. The van der Waals surface area contributed by atoms with Crippen molar-refractivity contribution in [2.24, 2.45) is 0 Å². The van der Waals surface area contributed by atoms with E-state index in [4.69, 9.17) is 5.11 Å². The number of carboxylic acid groups (broad SMARTS) is 1. The molecule has 0 spiro atoms. The van der Waals surface area contributed by atoms with Crippen LogP contribution >= 0.6 is 0 Å². The minimum atomic E-state index is -0.744. The van der Waals surface area contributed by atoms with Crippen LogP contribution < -0.4 is 5.32 Å². The van der Waals surface area contributed by atoms with Crippen molar-refractivity contribution in [3.05, 3.63) is 48.5 Å². The van der Waals surface area contributed by atoms with Crippen LogP contribution in [-0.4, -0.2) is 27.2 Å². The van der Waals surface area contributed by atoms with E-state index in [1.807, 2.05) is 22.9 Å². The summed E-state index contributed by atoms with van der Waals surface area (Å²) in [5.74, 6) is -0.744. The largest absolute Gasteiger partial charge is 0.481 e. The Labute approximate surface area is 111 Å². The van der Waals surface area contributed by atoms with E-state index < -0.39 is 5.97 Å². The maximum atomic E-state index is 10.3. The zero-order valence-electron chi connectivity index (χ0n) is 10.6. The summed E-state index contributed by atoms with van der Waals surface area (Å²) in [5.41, 5.74) is 2.26. The van der Waals surface area contributed by atoms with E-state index in [1.54, 1.807) is 12.5 Å². The van der Waals surface area contributed by atoms with Crippen molar-refractivity contribution in [1.29, 1.82) is 0 Å². The number of hydrogen-bond donors (Lipinski definition) is 2. The van der Waals surface area contributed by atoms with Crippen molar-refractivity contribution >= 4 is 5.97 Å². The highest BCUT2D eigenvalue weighted by Crippen LogP contribution is 2.09. The summed E-state index contributed by atoms with van der Waals surface area (Å²) in [6, 6.07) is 8.19. The quantitative estimate of drug-likeness (QED) is 0.744. The molecule has 0 unspecified atom stereocenters. The number of carbonyl (C=O) groups is 1. The predicted molar refractivity (Wildman–Crippen MR) is 72.1 cm³/mol. The van der Waals surface area contributed by atoms with E-state index in [0.29, 0.717) is 6.42 Å². The number of imidazole rings is 1. The molecule has 1 aromatic carbocycles. The van der Waals surface area contributed by atoms with Crippen LogP contribution in [0.3, 0.4) is 0 Å². The molecule has 0 fully saturated rings. The van der Waals surface area contributed by atoms with Crippen molar-refractivity contribution in [2.75, 3.05) is 6.54 Å². The monoisotopic (exact) mass is 259 g/mol. The lowest BCUT2D eigenvalue weighted by Gasteiger charge is -2.06. The predicted octanol–water partition coefficient (Wildman–Crippen LogP) is 1.83. The summed E-state index contributed by atoms with van der Waals surface area (Å²) < 4.78 is 1.95. The second-order valence-corrected chi connectivity index (χ2v) is 4.31.